The molecule has 2 N–H and O–H groups in total. The molecule has 0 fully saturated rings. The van der Waals surface area contributed by atoms with E-state index < -0.39 is 0 Å². The highest BCUT2D eigenvalue weighted by molar-refractivity contribution is 6.33. The standard InChI is InChI=1S/C9H10ClNO2/c10-7-3-1-2-4-8(7)11-9(13)5-6-12/h1-4,12H,5-6H2,(H,11,13). The zero-order valence-corrected chi connectivity index (χ0v) is 7.71. The molecule has 0 saturated heterocycles. The third-order valence-electron chi connectivity index (χ3n) is 1.49. The van der Waals surface area contributed by atoms with E-state index in [0.29, 0.717) is 10.7 Å². The zero-order valence-electron chi connectivity index (χ0n) is 6.96. The predicted molar refractivity (Wildman–Crippen MR) is 51.8 cm³/mol. The maximum absolute atomic E-state index is 11.0. The van der Waals surface area contributed by atoms with Gasteiger partial charge in [0.25, 0.3) is 0 Å². The van der Waals surface area contributed by atoms with Gasteiger partial charge in [-0.05, 0) is 12.1 Å². The van der Waals surface area contributed by atoms with Crippen LogP contribution in [-0.4, -0.2) is 17.6 Å². The molecule has 13 heavy (non-hydrogen) atoms. The molecule has 0 aromatic heterocycles. The van der Waals surface area contributed by atoms with E-state index >= 15 is 0 Å². The molecule has 70 valence electrons. The molecule has 0 heterocycles. The van der Waals surface area contributed by atoms with Gasteiger partial charge in [-0.2, -0.15) is 0 Å². The van der Waals surface area contributed by atoms with Gasteiger partial charge in [-0.1, -0.05) is 23.7 Å². The predicted octanol–water partition coefficient (Wildman–Crippen LogP) is 1.66. The number of benzene rings is 1. The number of carbonyl (C=O) groups is 1. The number of rotatable bonds is 3. The number of halogens is 1. The van der Waals surface area contributed by atoms with Crippen molar-refractivity contribution < 1.29 is 9.90 Å². The molecule has 1 rings (SSSR count). The average molecular weight is 200 g/mol. The first-order chi connectivity index (χ1) is 6.24. The van der Waals surface area contributed by atoms with E-state index in [2.05, 4.69) is 5.32 Å². The number of aliphatic hydroxyl groups excluding tert-OH is 1. The fourth-order valence-electron chi connectivity index (χ4n) is 0.877. The molecule has 0 aliphatic carbocycles. The number of amides is 1. The minimum absolute atomic E-state index is 0.0885. The maximum Gasteiger partial charge on any atom is 0.226 e. The van der Waals surface area contributed by atoms with Crippen molar-refractivity contribution in [1.82, 2.24) is 0 Å². The molecule has 0 atom stereocenters. The number of nitrogens with one attached hydrogen (secondary N) is 1. The second-order valence-corrected chi connectivity index (χ2v) is 2.91. The summed E-state index contributed by atoms with van der Waals surface area (Å²) in [4.78, 5) is 11.0. The minimum atomic E-state index is -0.240. The van der Waals surface area contributed by atoms with E-state index in [-0.39, 0.29) is 18.9 Å². The van der Waals surface area contributed by atoms with Gasteiger partial charge >= 0.3 is 0 Å². The van der Waals surface area contributed by atoms with E-state index in [0.717, 1.165) is 0 Å². The Morgan fingerprint density at radius 2 is 2.15 bits per heavy atom. The van der Waals surface area contributed by atoms with Crippen molar-refractivity contribution in [2.75, 3.05) is 11.9 Å². The normalized spacial score (nSPS) is 9.69. The van der Waals surface area contributed by atoms with Gasteiger partial charge in [-0.3, -0.25) is 4.79 Å². The Labute approximate surface area is 81.3 Å². The Bertz CT molecular complexity index is 301. The first-order valence-corrected chi connectivity index (χ1v) is 4.27. The molecule has 0 spiro atoms. The van der Waals surface area contributed by atoms with E-state index in [9.17, 15) is 4.79 Å². The SMILES string of the molecule is O=C(CCO)Nc1ccccc1Cl. The van der Waals surface area contributed by atoms with Crippen molar-refractivity contribution in [1.29, 1.82) is 0 Å². The lowest BCUT2D eigenvalue weighted by atomic mass is 10.3. The first kappa shape index (κ1) is 10.0. The lowest BCUT2D eigenvalue weighted by molar-refractivity contribution is -0.116. The van der Waals surface area contributed by atoms with Crippen LogP contribution in [0.2, 0.25) is 5.02 Å². The molecule has 3 nitrogen and oxygen atoms in total. The van der Waals surface area contributed by atoms with Crippen LogP contribution in [0.25, 0.3) is 0 Å². The van der Waals surface area contributed by atoms with Crippen LogP contribution >= 0.6 is 11.6 Å². The Morgan fingerprint density at radius 1 is 1.46 bits per heavy atom. The van der Waals surface area contributed by atoms with Crippen LogP contribution in [0.3, 0.4) is 0 Å². The van der Waals surface area contributed by atoms with E-state index in [1.54, 1.807) is 24.3 Å². The fraction of sp³-hybridized carbons (Fsp3) is 0.222. The quantitative estimate of drug-likeness (QED) is 0.778. The largest absolute Gasteiger partial charge is 0.396 e. The molecular weight excluding hydrogens is 190 g/mol. The lowest BCUT2D eigenvalue weighted by Crippen LogP contribution is -2.12. The summed E-state index contributed by atoms with van der Waals surface area (Å²) in [6.07, 6.45) is 0.0885. The highest BCUT2D eigenvalue weighted by Gasteiger charge is 2.03. The molecule has 0 radical (unpaired) electrons. The van der Waals surface area contributed by atoms with Gasteiger partial charge in [0.2, 0.25) is 5.91 Å². The molecule has 0 unspecified atom stereocenters. The molecule has 0 saturated carbocycles. The lowest BCUT2D eigenvalue weighted by Gasteiger charge is -2.04. The van der Waals surface area contributed by atoms with Crippen molar-refractivity contribution >= 4 is 23.2 Å². The summed E-state index contributed by atoms with van der Waals surface area (Å²) in [6, 6.07) is 6.96. The Hall–Kier alpha value is -1.06. The highest BCUT2D eigenvalue weighted by Crippen LogP contribution is 2.20. The third-order valence-corrected chi connectivity index (χ3v) is 1.82. The van der Waals surface area contributed by atoms with Crippen LogP contribution in [0.1, 0.15) is 6.42 Å². The number of hydrogen-bond donors (Lipinski definition) is 2. The van der Waals surface area contributed by atoms with Crippen molar-refractivity contribution in [3.8, 4) is 0 Å². The van der Waals surface area contributed by atoms with Gasteiger partial charge in [-0.15, -0.1) is 0 Å². The van der Waals surface area contributed by atoms with Gasteiger partial charge in [-0.25, -0.2) is 0 Å². The smallest absolute Gasteiger partial charge is 0.226 e. The average Bonchev–Trinajstić information content (AvgIpc) is 2.09. The van der Waals surface area contributed by atoms with Crippen LogP contribution in [0.15, 0.2) is 24.3 Å². The fourth-order valence-corrected chi connectivity index (χ4v) is 1.06. The van der Waals surface area contributed by atoms with Gasteiger partial charge in [0.05, 0.1) is 23.7 Å². The molecule has 1 aromatic carbocycles. The number of anilines is 1. The van der Waals surface area contributed by atoms with Crippen LogP contribution in [0.4, 0.5) is 5.69 Å². The molecule has 0 bridgehead atoms. The second-order valence-electron chi connectivity index (χ2n) is 2.50. The summed E-state index contributed by atoms with van der Waals surface area (Å²) in [5, 5.41) is 11.6. The number of hydrogen-bond acceptors (Lipinski definition) is 2. The third kappa shape index (κ3) is 3.05. The van der Waals surface area contributed by atoms with Crippen LogP contribution in [0.5, 0.6) is 0 Å². The Balaban J connectivity index is 2.63. The van der Waals surface area contributed by atoms with Gasteiger partial charge in [0, 0.05) is 0 Å². The van der Waals surface area contributed by atoms with Crippen LogP contribution in [0, 0.1) is 0 Å². The molecular formula is C9H10ClNO2. The van der Waals surface area contributed by atoms with E-state index in [1.165, 1.54) is 0 Å². The molecule has 4 heteroatoms. The van der Waals surface area contributed by atoms with Gasteiger partial charge < -0.3 is 10.4 Å². The Morgan fingerprint density at radius 3 is 2.77 bits per heavy atom. The van der Waals surface area contributed by atoms with Gasteiger partial charge in [0.15, 0.2) is 0 Å². The summed E-state index contributed by atoms with van der Waals surface area (Å²) in [5.41, 5.74) is 0.572. The molecule has 1 amide bonds. The van der Waals surface area contributed by atoms with E-state index in [4.69, 9.17) is 16.7 Å². The summed E-state index contributed by atoms with van der Waals surface area (Å²) in [5.74, 6) is -0.240. The number of carbonyl (C=O) groups excluding carboxylic acids is 1. The maximum atomic E-state index is 11.0. The summed E-state index contributed by atoms with van der Waals surface area (Å²) in [6.45, 7) is -0.156. The summed E-state index contributed by atoms with van der Waals surface area (Å²) in [7, 11) is 0. The van der Waals surface area contributed by atoms with Crippen molar-refractivity contribution in [2.45, 2.75) is 6.42 Å². The summed E-state index contributed by atoms with van der Waals surface area (Å²) >= 11 is 5.79. The first-order valence-electron chi connectivity index (χ1n) is 3.89. The van der Waals surface area contributed by atoms with Crippen molar-refractivity contribution in [2.24, 2.45) is 0 Å². The molecule has 0 aliphatic rings. The van der Waals surface area contributed by atoms with Gasteiger partial charge in [0.1, 0.15) is 0 Å². The molecule has 1 aromatic rings. The monoisotopic (exact) mass is 199 g/mol. The minimum Gasteiger partial charge on any atom is -0.396 e. The zero-order chi connectivity index (χ0) is 9.68. The second kappa shape index (κ2) is 4.84. The highest BCUT2D eigenvalue weighted by atomic mass is 35.5. The Kier molecular flexibility index (Phi) is 3.73. The van der Waals surface area contributed by atoms with Crippen molar-refractivity contribution in [3.05, 3.63) is 29.3 Å². The number of para-hydroxylation sites is 1. The molecule has 0 aliphatic heterocycles. The number of aliphatic hydroxyl groups is 1. The summed E-state index contributed by atoms with van der Waals surface area (Å²) < 4.78 is 0. The topological polar surface area (TPSA) is 49.3 Å². The van der Waals surface area contributed by atoms with Crippen LogP contribution < -0.4 is 5.32 Å². The van der Waals surface area contributed by atoms with E-state index in [1.807, 2.05) is 0 Å². The van der Waals surface area contributed by atoms with Crippen LogP contribution in [-0.2, 0) is 4.79 Å². The van der Waals surface area contributed by atoms with Crippen molar-refractivity contribution in [3.63, 3.8) is 0 Å².